The van der Waals surface area contributed by atoms with E-state index in [1.165, 1.54) is 24.4 Å². The molecular weight excluding hydrogens is 386 g/mol. The number of hydrazone groups is 1. The minimum absolute atomic E-state index is 0.0340. The van der Waals surface area contributed by atoms with E-state index in [0.29, 0.717) is 5.56 Å². The number of hydrogen-bond acceptors (Lipinski definition) is 6. The first kappa shape index (κ1) is 19.0. The maximum Gasteiger partial charge on any atom is 0.276 e. The number of hydrogen-bond donors (Lipinski definition) is 2. The van der Waals surface area contributed by atoms with E-state index in [1.807, 2.05) is 4.83 Å². The number of para-hydroxylation sites is 1. The molecule has 2 aromatic carbocycles. The van der Waals surface area contributed by atoms with Gasteiger partial charge in [0.05, 0.1) is 16.0 Å². The minimum atomic E-state index is -4.09. The van der Waals surface area contributed by atoms with E-state index in [1.54, 1.807) is 35.0 Å². The number of benzene rings is 2. The van der Waals surface area contributed by atoms with Gasteiger partial charge in [0.15, 0.2) is 0 Å². The van der Waals surface area contributed by atoms with Crippen LogP contribution in [0.25, 0.3) is 10.9 Å². The molecular formula is C17H15N5O5S. The van der Waals surface area contributed by atoms with Crippen molar-refractivity contribution in [3.8, 4) is 0 Å². The molecule has 1 heterocycles. The number of nitro groups is 1. The van der Waals surface area contributed by atoms with Crippen molar-refractivity contribution >= 4 is 38.7 Å². The Bertz CT molecular complexity index is 1200. The molecule has 0 unspecified atom stereocenters. The van der Waals surface area contributed by atoms with E-state index in [0.717, 1.165) is 17.0 Å². The van der Waals surface area contributed by atoms with Gasteiger partial charge < -0.3 is 10.3 Å². The van der Waals surface area contributed by atoms with Crippen LogP contribution in [0.3, 0.4) is 0 Å². The fourth-order valence-corrected chi connectivity index (χ4v) is 3.49. The van der Waals surface area contributed by atoms with Crippen LogP contribution in [0.5, 0.6) is 0 Å². The average Bonchev–Trinajstić information content (AvgIpc) is 2.99. The molecule has 3 aromatic rings. The molecule has 144 valence electrons. The fraction of sp³-hybridized carbons (Fsp3) is 0.0588. The van der Waals surface area contributed by atoms with Crippen molar-refractivity contribution in [1.29, 1.82) is 0 Å². The van der Waals surface area contributed by atoms with Crippen molar-refractivity contribution in [3.63, 3.8) is 0 Å². The molecule has 11 heteroatoms. The molecule has 0 aliphatic carbocycles. The van der Waals surface area contributed by atoms with E-state index >= 15 is 0 Å². The number of carbonyl (C=O) groups excluding carboxylic acids is 1. The van der Waals surface area contributed by atoms with Crippen molar-refractivity contribution in [3.05, 3.63) is 70.4 Å². The summed E-state index contributed by atoms with van der Waals surface area (Å²) in [7, 11) is -4.09. The Morgan fingerprint density at radius 3 is 2.71 bits per heavy atom. The number of aromatic nitrogens is 1. The van der Waals surface area contributed by atoms with Gasteiger partial charge in [-0.2, -0.15) is 13.5 Å². The van der Waals surface area contributed by atoms with E-state index in [9.17, 15) is 23.3 Å². The number of rotatable bonds is 7. The summed E-state index contributed by atoms with van der Waals surface area (Å²) in [6.45, 7) is -0.0340. The molecule has 0 spiro atoms. The number of nitro benzene ring substituents is 1. The molecule has 0 radical (unpaired) electrons. The molecule has 10 nitrogen and oxygen atoms in total. The molecule has 28 heavy (non-hydrogen) atoms. The topological polar surface area (TPSA) is 150 Å². The molecule has 3 rings (SSSR count). The van der Waals surface area contributed by atoms with Gasteiger partial charge in [-0.25, -0.2) is 4.83 Å². The second-order valence-corrected chi connectivity index (χ2v) is 7.46. The Morgan fingerprint density at radius 2 is 2.00 bits per heavy atom. The van der Waals surface area contributed by atoms with Gasteiger partial charge in [-0.05, 0) is 12.1 Å². The van der Waals surface area contributed by atoms with Gasteiger partial charge in [-0.3, -0.25) is 14.9 Å². The smallest absolute Gasteiger partial charge is 0.276 e. The highest BCUT2D eigenvalue weighted by Gasteiger charge is 2.17. The lowest BCUT2D eigenvalue weighted by molar-refractivity contribution is -0.385. The number of nitrogens with two attached hydrogens (primary N) is 1. The summed E-state index contributed by atoms with van der Waals surface area (Å²) in [5, 5.41) is 15.3. The molecule has 3 N–H and O–H groups in total. The third-order valence-electron chi connectivity index (χ3n) is 3.86. The zero-order valence-electron chi connectivity index (χ0n) is 14.3. The Morgan fingerprint density at radius 1 is 1.25 bits per heavy atom. The van der Waals surface area contributed by atoms with Gasteiger partial charge in [-0.1, -0.05) is 24.3 Å². The summed E-state index contributed by atoms with van der Waals surface area (Å²) >= 11 is 0. The van der Waals surface area contributed by atoms with Crippen LogP contribution in [0.4, 0.5) is 5.69 Å². The summed E-state index contributed by atoms with van der Waals surface area (Å²) < 4.78 is 26.2. The van der Waals surface area contributed by atoms with Crippen molar-refractivity contribution in [1.82, 2.24) is 9.40 Å². The number of non-ortho nitro benzene ring substituents is 1. The molecule has 0 saturated carbocycles. The van der Waals surface area contributed by atoms with Gasteiger partial charge in [0.1, 0.15) is 6.54 Å². The number of fused-ring (bicyclic) bond motifs is 1. The van der Waals surface area contributed by atoms with Gasteiger partial charge in [0, 0.05) is 34.8 Å². The molecule has 1 amide bonds. The van der Waals surface area contributed by atoms with E-state index in [-0.39, 0.29) is 17.1 Å². The monoisotopic (exact) mass is 401 g/mol. The third-order valence-corrected chi connectivity index (χ3v) is 5.08. The average molecular weight is 401 g/mol. The van der Waals surface area contributed by atoms with Gasteiger partial charge in [0.2, 0.25) is 5.91 Å². The lowest BCUT2D eigenvalue weighted by atomic mass is 10.2. The molecule has 0 atom stereocenters. The lowest BCUT2D eigenvalue weighted by Crippen LogP contribution is -2.18. The van der Waals surface area contributed by atoms with E-state index < -0.39 is 20.9 Å². The molecule has 0 bridgehead atoms. The molecule has 0 aliphatic rings. The van der Waals surface area contributed by atoms with Gasteiger partial charge in [-0.15, -0.1) is 0 Å². The van der Waals surface area contributed by atoms with Crippen LogP contribution in [-0.2, 0) is 21.4 Å². The SMILES string of the molecule is NC(=O)Cn1cc(C=NNS(=O)(=O)c2cccc([N+](=O)[O-])c2)c2ccccc21. The summed E-state index contributed by atoms with van der Waals surface area (Å²) in [4.78, 5) is 23.1. The predicted molar refractivity (Wildman–Crippen MR) is 102 cm³/mol. The number of sulfonamides is 1. The van der Waals surface area contributed by atoms with Crippen molar-refractivity contribution in [2.75, 3.05) is 0 Å². The highest BCUT2D eigenvalue weighted by Crippen LogP contribution is 2.20. The van der Waals surface area contributed by atoms with Crippen LogP contribution in [-0.4, -0.2) is 30.0 Å². The van der Waals surface area contributed by atoms with Gasteiger partial charge >= 0.3 is 0 Å². The van der Waals surface area contributed by atoms with Crippen molar-refractivity contribution in [2.24, 2.45) is 10.8 Å². The summed E-state index contributed by atoms with van der Waals surface area (Å²) in [6, 6.07) is 11.8. The maximum absolute atomic E-state index is 12.3. The maximum atomic E-state index is 12.3. The Kier molecular flexibility index (Phi) is 5.09. The van der Waals surface area contributed by atoms with Crippen LogP contribution in [0, 0.1) is 10.1 Å². The third kappa shape index (κ3) is 3.99. The van der Waals surface area contributed by atoms with Gasteiger partial charge in [0.25, 0.3) is 15.7 Å². The Hall–Kier alpha value is -3.73. The molecule has 1 aromatic heterocycles. The molecule has 0 saturated heterocycles. The first-order valence-corrected chi connectivity index (χ1v) is 9.42. The van der Waals surface area contributed by atoms with Crippen LogP contribution in [0.1, 0.15) is 5.56 Å². The van der Waals surface area contributed by atoms with E-state index in [2.05, 4.69) is 5.10 Å². The largest absolute Gasteiger partial charge is 0.368 e. The van der Waals surface area contributed by atoms with Crippen LogP contribution < -0.4 is 10.6 Å². The normalized spacial score (nSPS) is 11.7. The summed E-state index contributed by atoms with van der Waals surface area (Å²) in [6.07, 6.45) is 2.91. The number of amides is 1. The van der Waals surface area contributed by atoms with Crippen LogP contribution in [0.15, 0.2) is 64.7 Å². The first-order valence-electron chi connectivity index (χ1n) is 7.93. The van der Waals surface area contributed by atoms with Crippen LogP contribution in [0.2, 0.25) is 0 Å². The summed E-state index contributed by atoms with van der Waals surface area (Å²) in [5.41, 5.74) is 6.21. The lowest BCUT2D eigenvalue weighted by Gasteiger charge is -2.02. The standard InChI is InChI=1S/C17H15N5O5S/c18-17(23)11-21-10-12(15-6-1-2-7-16(15)21)9-19-20-28(26,27)14-5-3-4-13(8-14)22(24)25/h1-10,20H,11H2,(H2,18,23). The quantitative estimate of drug-likeness (QED) is 0.348. The first-order chi connectivity index (χ1) is 13.3. The number of nitrogens with one attached hydrogen (secondary N) is 1. The minimum Gasteiger partial charge on any atom is -0.368 e. The number of nitrogens with zero attached hydrogens (tertiary/aromatic N) is 3. The molecule has 0 fully saturated rings. The molecule has 0 aliphatic heterocycles. The zero-order chi connectivity index (χ0) is 20.3. The second-order valence-electron chi connectivity index (χ2n) is 5.80. The van der Waals surface area contributed by atoms with Crippen molar-refractivity contribution in [2.45, 2.75) is 11.4 Å². The zero-order valence-corrected chi connectivity index (χ0v) is 15.2. The Labute approximate surface area is 159 Å². The summed E-state index contributed by atoms with van der Waals surface area (Å²) in [5.74, 6) is -0.518. The number of carbonyl (C=O) groups is 1. The van der Waals surface area contributed by atoms with Crippen LogP contribution >= 0.6 is 0 Å². The fourth-order valence-electron chi connectivity index (χ4n) is 2.66. The Balaban J connectivity index is 1.87. The number of primary amides is 1. The predicted octanol–water partition coefficient (Wildman–Crippen LogP) is 1.35. The second kappa shape index (κ2) is 7.48. The highest BCUT2D eigenvalue weighted by atomic mass is 32.2. The van der Waals surface area contributed by atoms with E-state index in [4.69, 9.17) is 5.73 Å². The highest BCUT2D eigenvalue weighted by molar-refractivity contribution is 7.89. The van der Waals surface area contributed by atoms with Crippen molar-refractivity contribution < 1.29 is 18.1 Å².